The number of halogens is 2. The van der Waals surface area contributed by atoms with E-state index in [0.29, 0.717) is 5.69 Å². The summed E-state index contributed by atoms with van der Waals surface area (Å²) in [4.78, 5) is 4.36. The molecule has 0 radical (unpaired) electrons. The standard InChI is InChI=1S/C14H8F2N4OS/c15-10-2-1-3-11(13(10)16)22-7-9-4-12(21)20-14(19-9)8(5-17)6-18-20/h1-4,6,21H,7H2. The Kier molecular flexibility index (Phi) is 3.65. The van der Waals surface area contributed by atoms with E-state index >= 15 is 0 Å². The lowest BCUT2D eigenvalue weighted by atomic mass is 10.3. The van der Waals surface area contributed by atoms with Crippen molar-refractivity contribution in [2.45, 2.75) is 10.6 Å². The highest BCUT2D eigenvalue weighted by Crippen LogP contribution is 2.27. The van der Waals surface area contributed by atoms with Gasteiger partial charge in [-0.1, -0.05) is 6.07 Å². The molecule has 0 unspecified atom stereocenters. The summed E-state index contributed by atoms with van der Waals surface area (Å²) in [6.45, 7) is 0. The number of benzene rings is 1. The molecule has 5 nitrogen and oxygen atoms in total. The van der Waals surface area contributed by atoms with Gasteiger partial charge in [0.15, 0.2) is 17.3 Å². The third-order valence-electron chi connectivity index (χ3n) is 2.92. The van der Waals surface area contributed by atoms with Crippen LogP contribution in [0.2, 0.25) is 0 Å². The van der Waals surface area contributed by atoms with Gasteiger partial charge >= 0.3 is 0 Å². The molecule has 0 spiro atoms. The Morgan fingerprint density at radius 3 is 2.95 bits per heavy atom. The van der Waals surface area contributed by atoms with Crippen molar-refractivity contribution in [3.63, 3.8) is 0 Å². The molecule has 3 rings (SSSR count). The van der Waals surface area contributed by atoms with Crippen LogP contribution in [-0.2, 0) is 5.75 Å². The molecular formula is C14H8F2N4OS. The van der Waals surface area contributed by atoms with E-state index in [1.54, 1.807) is 0 Å². The summed E-state index contributed by atoms with van der Waals surface area (Å²) in [6, 6.07) is 7.21. The summed E-state index contributed by atoms with van der Waals surface area (Å²) < 4.78 is 27.9. The molecule has 0 saturated carbocycles. The first kappa shape index (κ1) is 14.3. The Balaban J connectivity index is 1.91. The van der Waals surface area contributed by atoms with Crippen LogP contribution < -0.4 is 0 Å². The predicted molar refractivity (Wildman–Crippen MR) is 75.3 cm³/mol. The first-order chi connectivity index (χ1) is 10.6. The van der Waals surface area contributed by atoms with Gasteiger partial charge in [-0.2, -0.15) is 14.9 Å². The Morgan fingerprint density at radius 2 is 2.18 bits per heavy atom. The predicted octanol–water partition coefficient (Wildman–Crippen LogP) is 2.88. The highest BCUT2D eigenvalue weighted by atomic mass is 32.2. The summed E-state index contributed by atoms with van der Waals surface area (Å²) in [6.07, 6.45) is 1.30. The van der Waals surface area contributed by atoms with Crippen molar-refractivity contribution in [2.24, 2.45) is 0 Å². The van der Waals surface area contributed by atoms with E-state index in [-0.39, 0.29) is 27.7 Å². The van der Waals surface area contributed by atoms with E-state index in [1.165, 1.54) is 24.4 Å². The van der Waals surface area contributed by atoms with E-state index in [0.717, 1.165) is 22.3 Å². The average Bonchev–Trinajstić information content (AvgIpc) is 2.92. The molecule has 0 aliphatic heterocycles. The second-order valence-corrected chi connectivity index (χ2v) is 5.37. The Morgan fingerprint density at radius 1 is 1.36 bits per heavy atom. The molecule has 8 heteroatoms. The van der Waals surface area contributed by atoms with Gasteiger partial charge in [0.1, 0.15) is 11.6 Å². The van der Waals surface area contributed by atoms with Crippen molar-refractivity contribution in [3.05, 3.63) is 53.4 Å². The number of thioether (sulfide) groups is 1. The minimum absolute atomic E-state index is 0.148. The minimum Gasteiger partial charge on any atom is -0.493 e. The monoisotopic (exact) mass is 318 g/mol. The molecule has 0 aliphatic rings. The first-order valence-electron chi connectivity index (χ1n) is 6.13. The largest absolute Gasteiger partial charge is 0.493 e. The lowest BCUT2D eigenvalue weighted by molar-refractivity contribution is 0.434. The van der Waals surface area contributed by atoms with Crippen LogP contribution in [0.5, 0.6) is 5.88 Å². The summed E-state index contributed by atoms with van der Waals surface area (Å²) in [5.41, 5.74) is 0.868. The molecule has 0 atom stereocenters. The number of rotatable bonds is 3. The Labute approximate surface area is 127 Å². The number of aromatic nitrogens is 3. The fourth-order valence-electron chi connectivity index (χ4n) is 1.90. The molecule has 0 amide bonds. The molecule has 2 aromatic heterocycles. The van der Waals surface area contributed by atoms with Crippen molar-refractivity contribution in [2.75, 3.05) is 0 Å². The quantitative estimate of drug-likeness (QED) is 0.752. The second-order valence-electron chi connectivity index (χ2n) is 4.35. The van der Waals surface area contributed by atoms with Crippen LogP contribution in [0.3, 0.4) is 0 Å². The zero-order chi connectivity index (χ0) is 15.7. The molecule has 3 aromatic rings. The van der Waals surface area contributed by atoms with Gasteiger partial charge in [0.25, 0.3) is 0 Å². The van der Waals surface area contributed by atoms with Crippen molar-refractivity contribution >= 4 is 17.4 Å². The Hall–Kier alpha value is -2.66. The van der Waals surface area contributed by atoms with Gasteiger partial charge in [0.05, 0.1) is 11.9 Å². The number of nitrogens with zero attached hydrogens (tertiary/aromatic N) is 4. The van der Waals surface area contributed by atoms with Gasteiger partial charge in [-0.15, -0.1) is 11.8 Å². The van der Waals surface area contributed by atoms with Gasteiger partial charge in [0, 0.05) is 16.7 Å². The van der Waals surface area contributed by atoms with Gasteiger partial charge < -0.3 is 5.11 Å². The highest BCUT2D eigenvalue weighted by molar-refractivity contribution is 7.98. The fraction of sp³-hybridized carbons (Fsp3) is 0.0714. The zero-order valence-corrected chi connectivity index (χ0v) is 11.8. The maximum absolute atomic E-state index is 13.6. The number of hydrogen-bond acceptors (Lipinski definition) is 5. The maximum atomic E-state index is 13.6. The molecule has 2 heterocycles. The highest BCUT2D eigenvalue weighted by Gasteiger charge is 2.12. The van der Waals surface area contributed by atoms with Crippen LogP contribution in [0.1, 0.15) is 11.3 Å². The average molecular weight is 318 g/mol. The van der Waals surface area contributed by atoms with Crippen molar-refractivity contribution in [1.29, 1.82) is 5.26 Å². The van der Waals surface area contributed by atoms with E-state index in [9.17, 15) is 13.9 Å². The third-order valence-corrected chi connectivity index (χ3v) is 3.98. The Bertz CT molecular complexity index is 904. The van der Waals surface area contributed by atoms with Crippen LogP contribution in [0.25, 0.3) is 5.65 Å². The first-order valence-corrected chi connectivity index (χ1v) is 7.12. The van der Waals surface area contributed by atoms with Crippen LogP contribution in [0.4, 0.5) is 8.78 Å². The summed E-state index contributed by atoms with van der Waals surface area (Å²) in [7, 11) is 0. The van der Waals surface area contributed by atoms with Crippen LogP contribution in [-0.4, -0.2) is 19.7 Å². The molecule has 0 aliphatic carbocycles. The SMILES string of the molecule is N#Cc1cnn2c(O)cc(CSc3cccc(F)c3F)nc12. The van der Waals surface area contributed by atoms with E-state index in [1.807, 2.05) is 6.07 Å². The van der Waals surface area contributed by atoms with Crippen molar-refractivity contribution < 1.29 is 13.9 Å². The van der Waals surface area contributed by atoms with Gasteiger partial charge in [-0.05, 0) is 12.1 Å². The normalized spacial score (nSPS) is 10.8. The lowest BCUT2D eigenvalue weighted by Crippen LogP contribution is -1.97. The number of fused-ring (bicyclic) bond motifs is 1. The van der Waals surface area contributed by atoms with E-state index in [4.69, 9.17) is 5.26 Å². The molecule has 22 heavy (non-hydrogen) atoms. The molecule has 110 valence electrons. The smallest absolute Gasteiger partial charge is 0.215 e. The number of aromatic hydroxyl groups is 1. The van der Waals surface area contributed by atoms with Crippen LogP contribution in [0, 0.1) is 23.0 Å². The molecule has 0 saturated heterocycles. The summed E-state index contributed by atoms with van der Waals surface area (Å²) >= 11 is 1.05. The number of nitriles is 1. The zero-order valence-electron chi connectivity index (χ0n) is 11.0. The summed E-state index contributed by atoms with van der Waals surface area (Å²) in [5.74, 6) is -1.80. The van der Waals surface area contributed by atoms with Gasteiger partial charge in [0.2, 0.25) is 5.88 Å². The molecule has 0 bridgehead atoms. The number of hydrogen-bond donors (Lipinski definition) is 1. The van der Waals surface area contributed by atoms with E-state index in [2.05, 4.69) is 10.1 Å². The van der Waals surface area contributed by atoms with E-state index < -0.39 is 11.6 Å². The van der Waals surface area contributed by atoms with Crippen molar-refractivity contribution in [1.82, 2.24) is 14.6 Å². The molecular weight excluding hydrogens is 310 g/mol. The fourth-order valence-corrected chi connectivity index (χ4v) is 2.75. The second kappa shape index (κ2) is 5.61. The maximum Gasteiger partial charge on any atom is 0.215 e. The topological polar surface area (TPSA) is 74.2 Å². The van der Waals surface area contributed by atoms with Crippen LogP contribution >= 0.6 is 11.8 Å². The molecule has 0 fully saturated rings. The molecule has 1 N–H and O–H groups in total. The molecule has 1 aromatic carbocycles. The van der Waals surface area contributed by atoms with Gasteiger partial charge in [-0.25, -0.2) is 13.8 Å². The minimum atomic E-state index is -0.918. The summed E-state index contributed by atoms with van der Waals surface area (Å²) in [5, 5.41) is 22.7. The van der Waals surface area contributed by atoms with Gasteiger partial charge in [-0.3, -0.25) is 0 Å². The van der Waals surface area contributed by atoms with Crippen molar-refractivity contribution in [3.8, 4) is 11.9 Å². The third kappa shape index (κ3) is 2.46. The van der Waals surface area contributed by atoms with Crippen LogP contribution in [0.15, 0.2) is 35.4 Å². The lowest BCUT2D eigenvalue weighted by Gasteiger charge is -2.05.